The minimum atomic E-state index is -4.63. The molecule has 5 aromatic rings. The summed E-state index contributed by atoms with van der Waals surface area (Å²) >= 11 is 6.18. The molecular formula is C32H30ClF3N6O3. The van der Waals surface area contributed by atoms with Gasteiger partial charge >= 0.3 is 12.1 Å². The number of fused-ring (bicyclic) bond motifs is 1. The van der Waals surface area contributed by atoms with Gasteiger partial charge in [-0.3, -0.25) is 9.59 Å². The van der Waals surface area contributed by atoms with E-state index in [0.29, 0.717) is 27.3 Å². The van der Waals surface area contributed by atoms with Crippen LogP contribution in [0.5, 0.6) is 0 Å². The molecule has 0 aliphatic carbocycles. The van der Waals surface area contributed by atoms with E-state index >= 15 is 0 Å². The molecule has 13 heteroatoms. The molecule has 45 heavy (non-hydrogen) atoms. The van der Waals surface area contributed by atoms with Gasteiger partial charge in [-0.2, -0.15) is 13.2 Å². The lowest BCUT2D eigenvalue weighted by Gasteiger charge is -2.21. The molecule has 0 fully saturated rings. The summed E-state index contributed by atoms with van der Waals surface area (Å²) in [5, 5.41) is 9.29. The number of nitrogens with two attached hydrogens (primary N) is 1. The van der Waals surface area contributed by atoms with Crippen molar-refractivity contribution in [2.24, 2.45) is 11.7 Å². The van der Waals surface area contributed by atoms with Crippen LogP contribution in [0.15, 0.2) is 71.5 Å². The van der Waals surface area contributed by atoms with Crippen LogP contribution < -0.4 is 11.3 Å². The number of hydrogen-bond acceptors (Lipinski definition) is 7. The monoisotopic (exact) mass is 638 g/mol. The number of pyridine rings is 1. The highest BCUT2D eigenvalue weighted by atomic mass is 35.5. The number of rotatable bonds is 8. The Balaban J connectivity index is 1.80. The van der Waals surface area contributed by atoms with E-state index in [1.807, 2.05) is 6.07 Å². The fraction of sp³-hybridized carbons (Fsp3) is 0.281. The van der Waals surface area contributed by atoms with Crippen molar-refractivity contribution >= 4 is 23.2 Å². The highest BCUT2D eigenvalue weighted by Gasteiger charge is 2.33. The number of benzene rings is 2. The highest BCUT2D eigenvalue weighted by molar-refractivity contribution is 6.30. The summed E-state index contributed by atoms with van der Waals surface area (Å²) < 4.78 is 48.6. The van der Waals surface area contributed by atoms with E-state index < -0.39 is 35.5 Å². The van der Waals surface area contributed by atoms with Crippen LogP contribution in [0.4, 0.5) is 13.2 Å². The lowest BCUT2D eigenvalue weighted by molar-refractivity contribution is -0.151. The zero-order chi connectivity index (χ0) is 32.6. The second kappa shape index (κ2) is 12.4. The Bertz CT molecular complexity index is 1920. The fourth-order valence-corrected chi connectivity index (χ4v) is 5.06. The second-order valence-corrected chi connectivity index (χ2v) is 11.4. The summed E-state index contributed by atoms with van der Waals surface area (Å²) in [4.78, 5) is 31.2. The Morgan fingerprint density at radius 1 is 0.956 bits per heavy atom. The molecule has 5 rings (SSSR count). The van der Waals surface area contributed by atoms with E-state index in [4.69, 9.17) is 22.1 Å². The zero-order valence-electron chi connectivity index (χ0n) is 24.8. The number of carbonyl (C=O) groups excluding carboxylic acids is 1. The molecule has 3 aromatic heterocycles. The van der Waals surface area contributed by atoms with Crippen molar-refractivity contribution in [3.8, 4) is 22.3 Å². The number of aryl methyl sites for hydroxylation is 1. The topological polar surface area (TPSA) is 117 Å². The van der Waals surface area contributed by atoms with Gasteiger partial charge in [-0.1, -0.05) is 74.0 Å². The average molecular weight is 639 g/mol. The lowest BCUT2D eigenvalue weighted by Crippen LogP contribution is -2.38. The number of aromatic nitrogens is 5. The SMILES string of the molecule is Cc1nc(C(F)(F)F)ccc1Cn1c(=O)c(-c2ccccc2)c(-c2ccc(Cl)cc2)c2nnc(C(C)OC(=O)C(N)C(C)C)n21. The van der Waals surface area contributed by atoms with Gasteiger partial charge in [0.2, 0.25) is 0 Å². The summed E-state index contributed by atoms with van der Waals surface area (Å²) in [5.41, 5.74) is 7.10. The maximum Gasteiger partial charge on any atom is 0.433 e. The molecule has 2 atom stereocenters. The van der Waals surface area contributed by atoms with E-state index in [9.17, 15) is 22.8 Å². The van der Waals surface area contributed by atoms with Gasteiger partial charge in [0.15, 0.2) is 17.6 Å². The molecule has 0 amide bonds. The Morgan fingerprint density at radius 2 is 1.60 bits per heavy atom. The molecule has 0 aliphatic heterocycles. The standard InChI is InChI=1S/C32H30ClF3N6O3/c1-17(2)27(37)31(44)45-19(4)28-39-40-29-25(21-10-13-23(33)14-11-21)26(20-8-6-5-7-9-20)30(43)41(42(28)29)16-22-12-15-24(32(34,35)36)38-18(22)3/h5-15,17,19,27H,16,37H2,1-4H3. The van der Waals surface area contributed by atoms with Gasteiger partial charge in [0, 0.05) is 16.3 Å². The molecule has 2 unspecified atom stereocenters. The fourth-order valence-electron chi connectivity index (χ4n) is 4.94. The third-order valence-electron chi connectivity index (χ3n) is 7.48. The molecule has 0 saturated heterocycles. The molecule has 0 spiro atoms. The van der Waals surface area contributed by atoms with E-state index in [1.54, 1.807) is 69.3 Å². The second-order valence-electron chi connectivity index (χ2n) is 11.0. The van der Waals surface area contributed by atoms with Gasteiger partial charge in [-0.05, 0) is 54.7 Å². The van der Waals surface area contributed by atoms with Gasteiger partial charge in [0.25, 0.3) is 5.56 Å². The number of carbonyl (C=O) groups is 1. The molecule has 0 radical (unpaired) electrons. The summed E-state index contributed by atoms with van der Waals surface area (Å²) in [7, 11) is 0. The summed E-state index contributed by atoms with van der Waals surface area (Å²) in [5.74, 6) is -0.748. The van der Waals surface area contributed by atoms with Crippen molar-refractivity contribution < 1.29 is 22.7 Å². The van der Waals surface area contributed by atoms with Crippen LogP contribution in [0.1, 0.15) is 49.7 Å². The smallest absolute Gasteiger partial charge is 0.433 e. The third kappa shape index (κ3) is 6.34. The molecule has 0 bridgehead atoms. The van der Waals surface area contributed by atoms with Crippen molar-refractivity contribution in [1.82, 2.24) is 24.4 Å². The maximum atomic E-state index is 14.6. The number of halogens is 4. The van der Waals surface area contributed by atoms with E-state index in [-0.39, 0.29) is 35.2 Å². The molecule has 9 nitrogen and oxygen atoms in total. The van der Waals surface area contributed by atoms with E-state index in [0.717, 1.165) is 6.07 Å². The Labute approximate surface area is 261 Å². The van der Waals surface area contributed by atoms with Crippen LogP contribution in [0.3, 0.4) is 0 Å². The first-order chi connectivity index (χ1) is 21.3. The first-order valence-corrected chi connectivity index (χ1v) is 14.5. The highest BCUT2D eigenvalue weighted by Crippen LogP contribution is 2.35. The molecule has 3 heterocycles. The van der Waals surface area contributed by atoms with Crippen molar-refractivity contribution in [3.05, 3.63) is 105 Å². The minimum Gasteiger partial charge on any atom is -0.453 e. The van der Waals surface area contributed by atoms with Crippen LogP contribution in [0.25, 0.3) is 27.9 Å². The Hall–Kier alpha value is -4.55. The van der Waals surface area contributed by atoms with Crippen LogP contribution in [0, 0.1) is 12.8 Å². The zero-order valence-corrected chi connectivity index (χ0v) is 25.6. The van der Waals surface area contributed by atoms with Crippen molar-refractivity contribution in [3.63, 3.8) is 0 Å². The minimum absolute atomic E-state index is 0.0879. The Morgan fingerprint density at radius 3 is 2.20 bits per heavy atom. The normalized spacial score (nSPS) is 13.3. The number of alkyl halides is 3. The molecule has 2 N–H and O–H groups in total. The number of ether oxygens (including phenoxy) is 1. The predicted molar refractivity (Wildman–Crippen MR) is 164 cm³/mol. The summed E-state index contributed by atoms with van der Waals surface area (Å²) in [6.07, 6.45) is -5.64. The predicted octanol–water partition coefficient (Wildman–Crippen LogP) is 6.24. The first-order valence-electron chi connectivity index (χ1n) is 14.1. The molecule has 0 saturated carbocycles. The van der Waals surface area contributed by atoms with Crippen LogP contribution >= 0.6 is 11.6 Å². The van der Waals surface area contributed by atoms with Crippen molar-refractivity contribution in [2.45, 2.75) is 52.6 Å². The first kappa shape index (κ1) is 31.9. The number of nitrogens with zero attached hydrogens (tertiary/aromatic N) is 5. The van der Waals surface area contributed by atoms with Crippen molar-refractivity contribution in [1.29, 1.82) is 0 Å². The van der Waals surface area contributed by atoms with Crippen molar-refractivity contribution in [2.75, 3.05) is 0 Å². The van der Waals surface area contributed by atoms with Crippen LogP contribution in [0.2, 0.25) is 5.02 Å². The van der Waals surface area contributed by atoms with Gasteiger partial charge in [0.1, 0.15) is 11.7 Å². The van der Waals surface area contributed by atoms with Gasteiger partial charge in [0.05, 0.1) is 12.1 Å². The molecule has 234 valence electrons. The molecule has 0 aliphatic rings. The third-order valence-corrected chi connectivity index (χ3v) is 7.73. The average Bonchev–Trinajstić information content (AvgIpc) is 3.44. The van der Waals surface area contributed by atoms with Gasteiger partial charge in [-0.25, -0.2) is 14.2 Å². The van der Waals surface area contributed by atoms with E-state index in [1.165, 1.54) is 22.2 Å². The largest absolute Gasteiger partial charge is 0.453 e. The quantitative estimate of drug-likeness (QED) is 0.200. The lowest BCUT2D eigenvalue weighted by atomic mass is 9.96. The van der Waals surface area contributed by atoms with E-state index in [2.05, 4.69) is 15.2 Å². The molecular weight excluding hydrogens is 609 g/mol. The summed E-state index contributed by atoms with van der Waals surface area (Å²) in [6.45, 7) is 6.39. The van der Waals surface area contributed by atoms with Gasteiger partial charge < -0.3 is 10.5 Å². The number of esters is 1. The number of hydrogen-bond donors (Lipinski definition) is 1. The maximum absolute atomic E-state index is 14.6. The Kier molecular flexibility index (Phi) is 8.81. The van der Waals surface area contributed by atoms with Crippen LogP contribution in [-0.4, -0.2) is 36.4 Å². The molecule has 2 aromatic carbocycles. The van der Waals surface area contributed by atoms with Gasteiger partial charge in [-0.15, -0.1) is 10.2 Å². The summed E-state index contributed by atoms with van der Waals surface area (Å²) in [6, 6.07) is 17.0. The van der Waals surface area contributed by atoms with Crippen LogP contribution in [-0.2, 0) is 22.3 Å².